The van der Waals surface area contributed by atoms with Crippen LogP contribution in [0.4, 0.5) is 0 Å². The molecule has 2 rings (SSSR count). The number of carbonyl (C=O) groups excluding carboxylic acids is 1. The van der Waals surface area contributed by atoms with Crippen LogP contribution in [0, 0.1) is 0 Å². The van der Waals surface area contributed by atoms with Crippen LogP contribution >= 0.6 is 0 Å². The first-order valence-electron chi connectivity index (χ1n) is 6.62. The number of hydrogen-bond donors (Lipinski definition) is 2. The van der Waals surface area contributed by atoms with E-state index in [1.165, 1.54) is 27.7 Å². The summed E-state index contributed by atoms with van der Waals surface area (Å²) < 4.78 is 15.7. The smallest absolute Gasteiger partial charge is 0.255 e. The molecule has 0 aliphatic carbocycles. The first-order chi connectivity index (χ1) is 10.7. The Hall–Kier alpha value is -2.77. The second-order valence-corrected chi connectivity index (χ2v) is 4.32. The van der Waals surface area contributed by atoms with Gasteiger partial charge in [0.05, 0.1) is 26.9 Å². The lowest BCUT2D eigenvalue weighted by molar-refractivity contribution is 0.0950. The van der Waals surface area contributed by atoms with Crippen molar-refractivity contribution in [2.45, 2.75) is 6.42 Å². The Balaban J connectivity index is 2.11. The van der Waals surface area contributed by atoms with Gasteiger partial charge in [-0.2, -0.15) is 5.10 Å². The quantitative estimate of drug-likeness (QED) is 0.785. The van der Waals surface area contributed by atoms with E-state index < -0.39 is 0 Å². The maximum absolute atomic E-state index is 12.3. The Morgan fingerprint density at radius 3 is 2.55 bits per heavy atom. The van der Waals surface area contributed by atoms with Crippen LogP contribution < -0.4 is 19.5 Å². The predicted molar refractivity (Wildman–Crippen MR) is 78.5 cm³/mol. The molecule has 8 heteroatoms. The van der Waals surface area contributed by atoms with Crippen LogP contribution in [0.25, 0.3) is 0 Å². The zero-order chi connectivity index (χ0) is 15.9. The fourth-order valence-corrected chi connectivity index (χ4v) is 2.02. The van der Waals surface area contributed by atoms with Gasteiger partial charge in [-0.15, -0.1) is 0 Å². The van der Waals surface area contributed by atoms with E-state index in [4.69, 9.17) is 14.2 Å². The topological polar surface area (TPSA) is 98.4 Å². The summed E-state index contributed by atoms with van der Waals surface area (Å²) in [5, 5.41) is 9.28. The summed E-state index contributed by atoms with van der Waals surface area (Å²) in [6, 6.07) is 3.29. The molecule has 0 saturated heterocycles. The van der Waals surface area contributed by atoms with E-state index in [1.54, 1.807) is 12.1 Å². The average molecular weight is 306 g/mol. The Morgan fingerprint density at radius 1 is 1.18 bits per heavy atom. The van der Waals surface area contributed by atoms with Crippen molar-refractivity contribution < 1.29 is 19.0 Å². The van der Waals surface area contributed by atoms with Gasteiger partial charge < -0.3 is 19.5 Å². The maximum atomic E-state index is 12.3. The zero-order valence-electron chi connectivity index (χ0n) is 12.7. The van der Waals surface area contributed by atoms with Crippen molar-refractivity contribution >= 4 is 5.91 Å². The summed E-state index contributed by atoms with van der Waals surface area (Å²) in [5.74, 6) is 1.65. The van der Waals surface area contributed by atoms with Gasteiger partial charge in [0.1, 0.15) is 12.2 Å². The summed E-state index contributed by atoms with van der Waals surface area (Å²) in [6.45, 7) is 0.422. The minimum atomic E-state index is -0.266. The molecule has 0 saturated carbocycles. The summed E-state index contributed by atoms with van der Waals surface area (Å²) in [7, 11) is 4.49. The number of carbonyl (C=O) groups is 1. The van der Waals surface area contributed by atoms with Crippen LogP contribution in [-0.4, -0.2) is 49.0 Å². The number of H-pyrrole nitrogens is 1. The summed E-state index contributed by atoms with van der Waals surface area (Å²) in [4.78, 5) is 16.3. The van der Waals surface area contributed by atoms with E-state index in [1.807, 2.05) is 0 Å². The molecule has 1 amide bonds. The molecule has 0 aliphatic heterocycles. The summed E-state index contributed by atoms with van der Waals surface area (Å²) in [6.07, 6.45) is 1.98. The molecule has 118 valence electrons. The molecule has 8 nitrogen and oxygen atoms in total. The number of nitrogens with zero attached hydrogens (tertiary/aromatic N) is 2. The third-order valence-electron chi connectivity index (χ3n) is 3.06. The first kappa shape index (κ1) is 15.6. The normalized spacial score (nSPS) is 10.1. The number of rotatable bonds is 7. The van der Waals surface area contributed by atoms with Crippen LogP contribution in [0.1, 0.15) is 16.2 Å². The fraction of sp³-hybridized carbons (Fsp3) is 0.357. The van der Waals surface area contributed by atoms with E-state index in [-0.39, 0.29) is 5.91 Å². The molecule has 0 fully saturated rings. The fourth-order valence-electron chi connectivity index (χ4n) is 2.02. The minimum absolute atomic E-state index is 0.266. The summed E-state index contributed by atoms with van der Waals surface area (Å²) >= 11 is 0. The lowest BCUT2D eigenvalue weighted by Gasteiger charge is -2.15. The van der Waals surface area contributed by atoms with E-state index in [2.05, 4.69) is 20.5 Å². The molecule has 1 aromatic carbocycles. The summed E-state index contributed by atoms with van der Waals surface area (Å²) in [5.41, 5.74) is 0.373. The van der Waals surface area contributed by atoms with E-state index in [0.29, 0.717) is 41.6 Å². The molecule has 2 aromatic rings. The molecule has 0 unspecified atom stereocenters. The third-order valence-corrected chi connectivity index (χ3v) is 3.06. The Labute approximate surface area is 127 Å². The van der Waals surface area contributed by atoms with E-state index in [9.17, 15) is 4.79 Å². The zero-order valence-corrected chi connectivity index (χ0v) is 12.7. The highest BCUT2D eigenvalue weighted by atomic mass is 16.5. The molecule has 1 heterocycles. The lowest BCUT2D eigenvalue weighted by atomic mass is 10.1. The van der Waals surface area contributed by atoms with Crippen molar-refractivity contribution in [1.82, 2.24) is 20.5 Å². The highest BCUT2D eigenvalue weighted by molar-refractivity contribution is 5.98. The van der Waals surface area contributed by atoms with Gasteiger partial charge >= 0.3 is 0 Å². The molecule has 0 radical (unpaired) electrons. The van der Waals surface area contributed by atoms with Crippen LogP contribution in [-0.2, 0) is 6.42 Å². The van der Waals surface area contributed by atoms with Crippen LogP contribution in [0.3, 0.4) is 0 Å². The standard InChI is InChI=1S/C14H18N4O4/c1-20-10-5-4-9(12(21-2)13(10)22-3)14(19)15-7-6-11-16-8-17-18-11/h4-5,8H,6-7H2,1-3H3,(H,15,19)(H,16,17,18). The highest BCUT2D eigenvalue weighted by Gasteiger charge is 2.20. The van der Waals surface area contributed by atoms with Gasteiger partial charge in [-0.1, -0.05) is 0 Å². The van der Waals surface area contributed by atoms with Crippen molar-refractivity contribution in [3.63, 3.8) is 0 Å². The van der Waals surface area contributed by atoms with Crippen LogP contribution in [0.2, 0.25) is 0 Å². The lowest BCUT2D eigenvalue weighted by Crippen LogP contribution is -2.26. The van der Waals surface area contributed by atoms with Crippen molar-refractivity contribution in [3.8, 4) is 17.2 Å². The second-order valence-electron chi connectivity index (χ2n) is 4.32. The molecule has 0 aliphatic rings. The predicted octanol–water partition coefficient (Wildman–Crippen LogP) is 0.803. The molecule has 2 N–H and O–H groups in total. The number of benzene rings is 1. The Bertz CT molecular complexity index is 628. The number of nitrogens with one attached hydrogen (secondary N) is 2. The van der Waals surface area contributed by atoms with Gasteiger partial charge in [0.2, 0.25) is 5.75 Å². The van der Waals surface area contributed by atoms with Gasteiger partial charge in [0.15, 0.2) is 11.5 Å². The van der Waals surface area contributed by atoms with Crippen molar-refractivity contribution in [2.24, 2.45) is 0 Å². The van der Waals surface area contributed by atoms with Gasteiger partial charge in [0.25, 0.3) is 5.91 Å². The van der Waals surface area contributed by atoms with Crippen molar-refractivity contribution in [1.29, 1.82) is 0 Å². The molecule has 0 atom stereocenters. The van der Waals surface area contributed by atoms with E-state index >= 15 is 0 Å². The number of methoxy groups -OCH3 is 3. The highest BCUT2D eigenvalue weighted by Crippen LogP contribution is 2.39. The largest absolute Gasteiger partial charge is 0.493 e. The molecule has 1 aromatic heterocycles. The molecular weight excluding hydrogens is 288 g/mol. The first-order valence-corrected chi connectivity index (χ1v) is 6.62. The van der Waals surface area contributed by atoms with Crippen LogP contribution in [0.5, 0.6) is 17.2 Å². The number of ether oxygens (including phenoxy) is 3. The number of aromatic nitrogens is 3. The molecule has 0 spiro atoms. The Morgan fingerprint density at radius 2 is 1.95 bits per heavy atom. The van der Waals surface area contributed by atoms with Gasteiger partial charge in [0, 0.05) is 13.0 Å². The maximum Gasteiger partial charge on any atom is 0.255 e. The SMILES string of the molecule is COc1ccc(C(=O)NCCc2ncn[nH]2)c(OC)c1OC. The minimum Gasteiger partial charge on any atom is -0.493 e. The Kier molecular flexibility index (Phi) is 5.18. The molecule has 0 bridgehead atoms. The monoisotopic (exact) mass is 306 g/mol. The number of aromatic amines is 1. The molecular formula is C14H18N4O4. The van der Waals surface area contributed by atoms with Crippen LogP contribution in [0.15, 0.2) is 18.5 Å². The van der Waals surface area contributed by atoms with Crippen molar-refractivity contribution in [3.05, 3.63) is 29.8 Å². The van der Waals surface area contributed by atoms with E-state index in [0.717, 1.165) is 0 Å². The van der Waals surface area contributed by atoms with Gasteiger partial charge in [-0.3, -0.25) is 9.89 Å². The third kappa shape index (κ3) is 3.27. The number of amides is 1. The number of hydrogen-bond acceptors (Lipinski definition) is 6. The second kappa shape index (κ2) is 7.30. The van der Waals surface area contributed by atoms with Gasteiger partial charge in [-0.25, -0.2) is 4.98 Å². The van der Waals surface area contributed by atoms with Gasteiger partial charge in [-0.05, 0) is 12.1 Å². The average Bonchev–Trinajstić information content (AvgIpc) is 3.06. The molecule has 22 heavy (non-hydrogen) atoms. The van der Waals surface area contributed by atoms with Crippen molar-refractivity contribution in [2.75, 3.05) is 27.9 Å².